The van der Waals surface area contributed by atoms with Crippen molar-refractivity contribution >= 4 is 16.8 Å². The second-order valence-electron chi connectivity index (χ2n) is 4.76. The van der Waals surface area contributed by atoms with Crippen LogP contribution in [0.5, 0.6) is 0 Å². The van der Waals surface area contributed by atoms with Crippen molar-refractivity contribution in [3.05, 3.63) is 36.0 Å². The largest absolute Gasteiger partial charge is 0.394 e. The number of fused-ring (bicyclic) bond motifs is 1. The molecule has 1 heterocycles. The van der Waals surface area contributed by atoms with E-state index in [2.05, 4.69) is 10.3 Å². The Labute approximate surface area is 111 Å². The lowest BCUT2D eigenvalue weighted by molar-refractivity contribution is -0.123. The molecule has 0 unspecified atom stereocenters. The summed E-state index contributed by atoms with van der Waals surface area (Å²) in [5, 5.41) is 12.7. The second-order valence-corrected chi connectivity index (χ2v) is 4.76. The van der Waals surface area contributed by atoms with Gasteiger partial charge in [0.15, 0.2) is 0 Å². The number of benzene rings is 1. The predicted octanol–water partition coefficient (Wildman–Crippen LogP) is 0.535. The molecule has 5 nitrogen and oxygen atoms in total. The minimum absolute atomic E-state index is 0.0917. The summed E-state index contributed by atoms with van der Waals surface area (Å²) in [6.07, 6.45) is 2.35. The summed E-state index contributed by atoms with van der Waals surface area (Å²) >= 11 is 0. The second kappa shape index (κ2) is 5.86. The molecular weight excluding hydrogens is 242 g/mol. The first-order valence-corrected chi connectivity index (χ1v) is 6.33. The highest BCUT2D eigenvalue weighted by Gasteiger charge is 2.17. The third-order valence-electron chi connectivity index (χ3n) is 3.11. The van der Waals surface area contributed by atoms with Gasteiger partial charge in [0.1, 0.15) is 0 Å². The third kappa shape index (κ3) is 3.13. The maximum atomic E-state index is 11.8. The average Bonchev–Trinajstić information content (AvgIpc) is 2.82. The SMILES string of the molecule is C[C@@H](CO)NC(=O)[C@@H](N)Cc1c[nH]c2ccccc12. The van der Waals surface area contributed by atoms with Crippen molar-refractivity contribution in [3.63, 3.8) is 0 Å². The fourth-order valence-corrected chi connectivity index (χ4v) is 2.03. The molecule has 102 valence electrons. The minimum Gasteiger partial charge on any atom is -0.394 e. The Bertz CT molecular complexity index is 565. The number of carbonyl (C=O) groups excluding carboxylic acids is 1. The molecule has 0 aliphatic rings. The zero-order valence-electron chi connectivity index (χ0n) is 10.9. The standard InChI is InChI=1S/C14H19N3O2/c1-9(8-18)17-14(19)12(15)6-10-7-16-13-5-3-2-4-11(10)13/h2-5,7,9,12,16,18H,6,8,15H2,1H3,(H,17,19)/t9-,12-/m0/s1. The van der Waals surface area contributed by atoms with Gasteiger partial charge in [-0.25, -0.2) is 0 Å². The van der Waals surface area contributed by atoms with E-state index in [1.807, 2.05) is 30.5 Å². The zero-order valence-corrected chi connectivity index (χ0v) is 10.9. The lowest BCUT2D eigenvalue weighted by Gasteiger charge is -2.15. The molecule has 2 rings (SSSR count). The van der Waals surface area contributed by atoms with E-state index in [1.54, 1.807) is 6.92 Å². The molecule has 0 aliphatic heterocycles. The van der Waals surface area contributed by atoms with Crippen LogP contribution >= 0.6 is 0 Å². The van der Waals surface area contributed by atoms with E-state index in [9.17, 15) is 4.79 Å². The number of para-hydroxylation sites is 1. The Morgan fingerprint density at radius 1 is 1.47 bits per heavy atom. The number of aliphatic hydroxyl groups is 1. The van der Waals surface area contributed by atoms with E-state index in [4.69, 9.17) is 10.8 Å². The molecule has 1 aromatic heterocycles. The monoisotopic (exact) mass is 261 g/mol. The van der Waals surface area contributed by atoms with Crippen molar-refractivity contribution < 1.29 is 9.90 Å². The number of aliphatic hydroxyl groups excluding tert-OH is 1. The van der Waals surface area contributed by atoms with Crippen LogP contribution in [0.4, 0.5) is 0 Å². The van der Waals surface area contributed by atoms with Crippen LogP contribution in [0.25, 0.3) is 10.9 Å². The molecule has 19 heavy (non-hydrogen) atoms. The van der Waals surface area contributed by atoms with Crippen LogP contribution < -0.4 is 11.1 Å². The Hall–Kier alpha value is -1.85. The van der Waals surface area contributed by atoms with Gasteiger partial charge in [0.2, 0.25) is 5.91 Å². The number of aromatic amines is 1. The van der Waals surface area contributed by atoms with Crippen molar-refractivity contribution in [2.45, 2.75) is 25.4 Å². The Balaban J connectivity index is 2.06. The van der Waals surface area contributed by atoms with Gasteiger partial charge in [-0.1, -0.05) is 18.2 Å². The Morgan fingerprint density at radius 3 is 2.95 bits per heavy atom. The van der Waals surface area contributed by atoms with Crippen LogP contribution in [0.1, 0.15) is 12.5 Å². The van der Waals surface area contributed by atoms with Crippen molar-refractivity contribution in [3.8, 4) is 0 Å². The molecule has 1 aromatic carbocycles. The molecule has 0 saturated carbocycles. The Morgan fingerprint density at radius 2 is 2.21 bits per heavy atom. The Kier molecular flexibility index (Phi) is 4.19. The van der Waals surface area contributed by atoms with Crippen LogP contribution in [0.2, 0.25) is 0 Å². The smallest absolute Gasteiger partial charge is 0.237 e. The van der Waals surface area contributed by atoms with Crippen LogP contribution in [0, 0.1) is 0 Å². The normalized spacial score (nSPS) is 14.3. The van der Waals surface area contributed by atoms with Crippen LogP contribution in [-0.4, -0.2) is 34.7 Å². The van der Waals surface area contributed by atoms with Gasteiger partial charge >= 0.3 is 0 Å². The molecule has 0 bridgehead atoms. The zero-order chi connectivity index (χ0) is 13.8. The highest BCUT2D eigenvalue weighted by atomic mass is 16.3. The number of nitrogens with two attached hydrogens (primary N) is 1. The van der Waals surface area contributed by atoms with E-state index < -0.39 is 6.04 Å². The van der Waals surface area contributed by atoms with E-state index in [0.29, 0.717) is 6.42 Å². The quantitative estimate of drug-likeness (QED) is 0.633. The molecular formula is C14H19N3O2. The molecule has 5 N–H and O–H groups in total. The molecule has 5 heteroatoms. The molecule has 0 saturated heterocycles. The number of aromatic nitrogens is 1. The first-order valence-electron chi connectivity index (χ1n) is 6.33. The molecule has 0 radical (unpaired) electrons. The maximum absolute atomic E-state index is 11.8. The summed E-state index contributed by atoms with van der Waals surface area (Å²) in [7, 11) is 0. The van der Waals surface area contributed by atoms with E-state index in [0.717, 1.165) is 16.5 Å². The fourth-order valence-electron chi connectivity index (χ4n) is 2.03. The summed E-state index contributed by atoms with van der Waals surface area (Å²) < 4.78 is 0. The van der Waals surface area contributed by atoms with Crippen LogP contribution in [0.3, 0.4) is 0 Å². The van der Waals surface area contributed by atoms with Crippen molar-refractivity contribution in [1.82, 2.24) is 10.3 Å². The van der Waals surface area contributed by atoms with Gasteiger partial charge in [-0.3, -0.25) is 4.79 Å². The minimum atomic E-state index is -0.617. The summed E-state index contributed by atoms with van der Waals surface area (Å²) in [5.41, 5.74) is 7.95. The maximum Gasteiger partial charge on any atom is 0.237 e. The van der Waals surface area contributed by atoms with Gasteiger partial charge in [0, 0.05) is 23.1 Å². The van der Waals surface area contributed by atoms with Crippen molar-refractivity contribution in [2.75, 3.05) is 6.61 Å². The summed E-state index contributed by atoms with van der Waals surface area (Å²) in [6.45, 7) is 1.64. The lowest BCUT2D eigenvalue weighted by atomic mass is 10.0. The molecule has 0 spiro atoms. The summed E-state index contributed by atoms with van der Waals surface area (Å²) in [5.74, 6) is -0.244. The molecule has 2 aromatic rings. The summed E-state index contributed by atoms with van der Waals surface area (Å²) in [6, 6.07) is 7.01. The number of H-pyrrole nitrogens is 1. The van der Waals surface area contributed by atoms with E-state index >= 15 is 0 Å². The number of amides is 1. The van der Waals surface area contributed by atoms with Gasteiger partial charge in [0.05, 0.1) is 12.6 Å². The lowest BCUT2D eigenvalue weighted by Crippen LogP contribution is -2.46. The molecule has 1 amide bonds. The third-order valence-corrected chi connectivity index (χ3v) is 3.11. The van der Waals surface area contributed by atoms with E-state index in [-0.39, 0.29) is 18.6 Å². The van der Waals surface area contributed by atoms with Crippen molar-refractivity contribution in [1.29, 1.82) is 0 Å². The molecule has 0 fully saturated rings. The summed E-state index contributed by atoms with van der Waals surface area (Å²) in [4.78, 5) is 15.0. The molecule has 2 atom stereocenters. The number of nitrogens with one attached hydrogen (secondary N) is 2. The van der Waals surface area contributed by atoms with Crippen molar-refractivity contribution in [2.24, 2.45) is 5.73 Å². The van der Waals surface area contributed by atoms with Gasteiger partial charge in [-0.15, -0.1) is 0 Å². The predicted molar refractivity (Wildman–Crippen MR) is 74.7 cm³/mol. The first-order chi connectivity index (χ1) is 9.11. The fraction of sp³-hybridized carbons (Fsp3) is 0.357. The van der Waals surface area contributed by atoms with Gasteiger partial charge in [-0.2, -0.15) is 0 Å². The molecule has 0 aliphatic carbocycles. The highest BCUT2D eigenvalue weighted by Crippen LogP contribution is 2.18. The first kappa shape index (κ1) is 13.6. The van der Waals surface area contributed by atoms with E-state index in [1.165, 1.54) is 0 Å². The van der Waals surface area contributed by atoms with Crippen LogP contribution in [-0.2, 0) is 11.2 Å². The number of rotatable bonds is 5. The number of carbonyl (C=O) groups is 1. The highest BCUT2D eigenvalue weighted by molar-refractivity contribution is 5.86. The van der Waals surface area contributed by atoms with Gasteiger partial charge in [-0.05, 0) is 25.0 Å². The number of hydrogen-bond donors (Lipinski definition) is 4. The topological polar surface area (TPSA) is 91.1 Å². The van der Waals surface area contributed by atoms with Gasteiger partial charge < -0.3 is 21.1 Å². The van der Waals surface area contributed by atoms with Crippen LogP contribution in [0.15, 0.2) is 30.5 Å². The van der Waals surface area contributed by atoms with Gasteiger partial charge in [0.25, 0.3) is 0 Å². The number of hydrogen-bond acceptors (Lipinski definition) is 3. The average molecular weight is 261 g/mol.